The van der Waals surface area contributed by atoms with Crippen LogP contribution in [0.25, 0.3) is 0 Å². The molecule has 7 heteroatoms. The van der Waals surface area contributed by atoms with Crippen molar-refractivity contribution in [2.24, 2.45) is 11.7 Å². The van der Waals surface area contributed by atoms with Gasteiger partial charge in [-0.2, -0.15) is 4.31 Å². The predicted octanol–water partition coefficient (Wildman–Crippen LogP) is 2.35. The highest BCUT2D eigenvalue weighted by atomic mass is 35.5. The Morgan fingerprint density at radius 3 is 2.37 bits per heavy atom. The summed E-state index contributed by atoms with van der Waals surface area (Å²) < 4.78 is 26.4. The molecule has 0 aliphatic carbocycles. The van der Waals surface area contributed by atoms with Gasteiger partial charge in [-0.15, -0.1) is 0 Å². The molecule has 0 aromatic heterocycles. The Hall–Kier alpha value is -0.330. The fraction of sp³-hybridized carbons (Fsp3) is 0.500. The molecule has 2 N–H and O–H groups in total. The lowest BCUT2D eigenvalue weighted by Gasteiger charge is -2.34. The van der Waals surface area contributed by atoms with E-state index in [1.165, 1.54) is 22.5 Å². The van der Waals surface area contributed by atoms with E-state index >= 15 is 0 Å². The summed E-state index contributed by atoms with van der Waals surface area (Å²) in [4.78, 5) is 0.117. The van der Waals surface area contributed by atoms with Crippen LogP contribution in [-0.4, -0.2) is 31.9 Å². The topological polar surface area (TPSA) is 63.4 Å². The van der Waals surface area contributed by atoms with Gasteiger partial charge in [0.15, 0.2) is 0 Å². The number of benzene rings is 1. The summed E-state index contributed by atoms with van der Waals surface area (Å²) in [5.74, 6) is 0.328. The summed E-state index contributed by atoms with van der Waals surface area (Å²) in [6.45, 7) is 2.83. The molecule has 0 saturated carbocycles. The van der Waals surface area contributed by atoms with E-state index in [4.69, 9.17) is 28.9 Å². The molecular weight excluding hydrogens is 307 g/mol. The van der Waals surface area contributed by atoms with Gasteiger partial charge in [-0.3, -0.25) is 0 Å². The summed E-state index contributed by atoms with van der Waals surface area (Å²) in [5.41, 5.74) is 5.94. The molecule has 0 bridgehead atoms. The van der Waals surface area contributed by atoms with E-state index in [9.17, 15) is 8.42 Å². The van der Waals surface area contributed by atoms with Gasteiger partial charge in [0, 0.05) is 29.2 Å². The fourth-order valence-corrected chi connectivity index (χ4v) is 4.33. The molecule has 1 aromatic rings. The zero-order chi connectivity index (χ0) is 14.2. The van der Waals surface area contributed by atoms with Crippen LogP contribution in [-0.2, 0) is 10.0 Å². The van der Waals surface area contributed by atoms with E-state index in [0.29, 0.717) is 29.1 Å². The van der Waals surface area contributed by atoms with E-state index in [0.717, 1.165) is 6.42 Å². The molecule has 2 atom stereocenters. The number of sulfonamides is 1. The molecule has 2 rings (SSSR count). The third kappa shape index (κ3) is 3.23. The molecule has 1 aliphatic rings. The maximum atomic E-state index is 12.5. The van der Waals surface area contributed by atoms with Crippen LogP contribution in [0, 0.1) is 5.92 Å². The lowest BCUT2D eigenvalue weighted by Crippen LogP contribution is -2.49. The first kappa shape index (κ1) is 15.1. The SMILES string of the molecule is CC1CCN(S(=O)(=O)c2cc(Cl)cc(Cl)c2)CC1N. The first-order chi connectivity index (χ1) is 8.80. The first-order valence-corrected chi connectivity index (χ1v) is 8.22. The zero-order valence-corrected chi connectivity index (χ0v) is 12.8. The number of nitrogens with two attached hydrogens (primary N) is 1. The minimum Gasteiger partial charge on any atom is -0.326 e. The Balaban J connectivity index is 2.32. The molecule has 1 aromatic carbocycles. The van der Waals surface area contributed by atoms with Crippen molar-refractivity contribution in [1.29, 1.82) is 0 Å². The van der Waals surface area contributed by atoms with Gasteiger partial charge >= 0.3 is 0 Å². The van der Waals surface area contributed by atoms with Gasteiger partial charge in [0.2, 0.25) is 10.0 Å². The van der Waals surface area contributed by atoms with Crippen molar-refractivity contribution in [3.63, 3.8) is 0 Å². The molecule has 0 spiro atoms. The second-order valence-electron chi connectivity index (χ2n) is 4.90. The molecule has 1 heterocycles. The number of hydrogen-bond donors (Lipinski definition) is 1. The summed E-state index contributed by atoms with van der Waals surface area (Å²) in [7, 11) is -3.58. The largest absolute Gasteiger partial charge is 0.326 e. The Morgan fingerprint density at radius 1 is 1.26 bits per heavy atom. The van der Waals surface area contributed by atoms with Gasteiger partial charge in [-0.1, -0.05) is 30.1 Å². The highest BCUT2D eigenvalue weighted by Gasteiger charge is 2.32. The number of halogens is 2. The smallest absolute Gasteiger partial charge is 0.243 e. The van der Waals surface area contributed by atoms with Gasteiger partial charge in [0.25, 0.3) is 0 Å². The molecule has 0 amide bonds. The highest BCUT2D eigenvalue weighted by Crippen LogP contribution is 2.27. The van der Waals surface area contributed by atoms with Crippen LogP contribution in [0.1, 0.15) is 13.3 Å². The van der Waals surface area contributed by atoms with E-state index in [-0.39, 0.29) is 10.9 Å². The third-order valence-electron chi connectivity index (χ3n) is 3.45. The molecule has 0 radical (unpaired) electrons. The lowest BCUT2D eigenvalue weighted by atomic mass is 9.96. The van der Waals surface area contributed by atoms with Crippen molar-refractivity contribution in [1.82, 2.24) is 4.31 Å². The van der Waals surface area contributed by atoms with Gasteiger partial charge in [0.05, 0.1) is 4.90 Å². The molecule has 2 unspecified atom stereocenters. The molecule has 1 aliphatic heterocycles. The van der Waals surface area contributed by atoms with Crippen LogP contribution < -0.4 is 5.73 Å². The van der Waals surface area contributed by atoms with Crippen molar-refractivity contribution in [3.05, 3.63) is 28.2 Å². The maximum Gasteiger partial charge on any atom is 0.243 e. The minimum absolute atomic E-state index is 0.117. The quantitative estimate of drug-likeness (QED) is 0.909. The van der Waals surface area contributed by atoms with Gasteiger partial charge in [-0.25, -0.2) is 8.42 Å². The van der Waals surface area contributed by atoms with Gasteiger partial charge < -0.3 is 5.73 Å². The summed E-state index contributed by atoms with van der Waals surface area (Å²) in [6.07, 6.45) is 0.759. The highest BCUT2D eigenvalue weighted by molar-refractivity contribution is 7.89. The normalized spacial score (nSPS) is 25.5. The standard InChI is InChI=1S/C12H16Cl2N2O2S/c1-8-2-3-16(7-12(8)15)19(17,18)11-5-9(13)4-10(14)6-11/h4-6,8,12H,2-3,7,15H2,1H3. The molecule has 1 saturated heterocycles. The molecule has 4 nitrogen and oxygen atoms in total. The van der Waals surface area contributed by atoms with Crippen LogP contribution >= 0.6 is 23.2 Å². The number of piperidine rings is 1. The van der Waals surface area contributed by atoms with Crippen molar-refractivity contribution < 1.29 is 8.42 Å². The van der Waals surface area contributed by atoms with E-state index in [1.807, 2.05) is 6.92 Å². The summed E-state index contributed by atoms with van der Waals surface area (Å²) in [5, 5.41) is 0.613. The maximum absolute atomic E-state index is 12.5. The fourth-order valence-electron chi connectivity index (χ4n) is 2.11. The Labute approximate surface area is 123 Å². The van der Waals surface area contributed by atoms with Crippen LogP contribution in [0.4, 0.5) is 0 Å². The second kappa shape index (κ2) is 5.58. The van der Waals surface area contributed by atoms with Crippen LogP contribution in [0.2, 0.25) is 10.0 Å². The Bertz CT molecular complexity index is 557. The van der Waals surface area contributed by atoms with Gasteiger partial charge in [0.1, 0.15) is 0 Å². The zero-order valence-electron chi connectivity index (χ0n) is 10.5. The van der Waals surface area contributed by atoms with E-state index in [1.54, 1.807) is 0 Å². The van der Waals surface area contributed by atoms with Crippen LogP contribution in [0.3, 0.4) is 0 Å². The number of nitrogens with zero attached hydrogens (tertiary/aromatic N) is 1. The third-order valence-corrected chi connectivity index (χ3v) is 5.73. The average Bonchev–Trinajstić information content (AvgIpc) is 2.31. The average molecular weight is 323 g/mol. The van der Waals surface area contributed by atoms with Crippen LogP contribution in [0.5, 0.6) is 0 Å². The van der Waals surface area contributed by atoms with Crippen molar-refractivity contribution in [3.8, 4) is 0 Å². The Morgan fingerprint density at radius 2 is 1.84 bits per heavy atom. The molecule has 19 heavy (non-hydrogen) atoms. The van der Waals surface area contributed by atoms with E-state index < -0.39 is 10.0 Å². The minimum atomic E-state index is -3.58. The van der Waals surface area contributed by atoms with E-state index in [2.05, 4.69) is 0 Å². The number of hydrogen-bond acceptors (Lipinski definition) is 3. The second-order valence-corrected chi connectivity index (χ2v) is 7.71. The Kier molecular flexibility index (Phi) is 4.42. The summed E-state index contributed by atoms with van der Waals surface area (Å²) >= 11 is 11.7. The summed E-state index contributed by atoms with van der Waals surface area (Å²) in [6, 6.07) is 4.18. The first-order valence-electron chi connectivity index (χ1n) is 6.02. The van der Waals surface area contributed by atoms with Crippen molar-refractivity contribution in [2.45, 2.75) is 24.3 Å². The number of rotatable bonds is 2. The van der Waals surface area contributed by atoms with Gasteiger partial charge in [-0.05, 0) is 30.5 Å². The molecule has 106 valence electrons. The monoisotopic (exact) mass is 322 g/mol. The lowest BCUT2D eigenvalue weighted by molar-refractivity contribution is 0.253. The molecular formula is C12H16Cl2N2O2S. The van der Waals surface area contributed by atoms with Crippen molar-refractivity contribution >= 4 is 33.2 Å². The molecule has 1 fully saturated rings. The van der Waals surface area contributed by atoms with Crippen molar-refractivity contribution in [2.75, 3.05) is 13.1 Å². The predicted molar refractivity (Wildman–Crippen MR) is 77.0 cm³/mol. The van der Waals surface area contributed by atoms with Crippen LogP contribution in [0.15, 0.2) is 23.1 Å².